The zero-order valence-corrected chi connectivity index (χ0v) is 32.8. The minimum atomic E-state index is -1.28. The van der Waals surface area contributed by atoms with Crippen LogP contribution in [0.1, 0.15) is 107 Å². The minimum absolute atomic E-state index is 0.0571. The van der Waals surface area contributed by atoms with Gasteiger partial charge in [0.15, 0.2) is 0 Å². The third-order valence-electron chi connectivity index (χ3n) is 12.4. The summed E-state index contributed by atoms with van der Waals surface area (Å²) in [4.78, 5) is 21.9. The van der Waals surface area contributed by atoms with Crippen LogP contribution in [0.2, 0.25) is 0 Å². The molecule has 0 unspecified atom stereocenters. The molecule has 1 amide bonds. The fourth-order valence-corrected chi connectivity index (χ4v) is 9.71. The molecular formula is C45H61FN2O7. The lowest BCUT2D eigenvalue weighted by Gasteiger charge is -2.59. The van der Waals surface area contributed by atoms with Gasteiger partial charge in [-0.3, -0.25) is 4.79 Å². The van der Waals surface area contributed by atoms with Gasteiger partial charge >= 0.3 is 0 Å². The van der Waals surface area contributed by atoms with Crippen molar-refractivity contribution in [2.24, 2.45) is 28.8 Å². The zero-order valence-electron chi connectivity index (χ0n) is 32.8. The number of benzene rings is 2. The van der Waals surface area contributed by atoms with Crippen LogP contribution in [0.4, 0.5) is 4.39 Å². The van der Waals surface area contributed by atoms with E-state index in [-0.39, 0.29) is 61.8 Å². The van der Waals surface area contributed by atoms with E-state index in [9.17, 15) is 19.4 Å². The lowest BCUT2D eigenvalue weighted by atomic mass is 9.55. The maximum atomic E-state index is 14.6. The number of aliphatic hydroxyl groups is 2. The van der Waals surface area contributed by atoms with Gasteiger partial charge in [0.05, 0.1) is 18.2 Å². The van der Waals surface area contributed by atoms with Gasteiger partial charge in [-0.2, -0.15) is 0 Å². The van der Waals surface area contributed by atoms with Crippen LogP contribution >= 0.6 is 0 Å². The van der Waals surface area contributed by atoms with Gasteiger partial charge in [-0.25, -0.2) is 4.39 Å². The van der Waals surface area contributed by atoms with Crippen LogP contribution < -0.4 is 9.47 Å². The number of hydrogen-bond acceptors (Lipinski definition) is 8. The Morgan fingerprint density at radius 3 is 2.56 bits per heavy atom. The summed E-state index contributed by atoms with van der Waals surface area (Å²) < 4.78 is 35.1. The van der Waals surface area contributed by atoms with Crippen molar-refractivity contribution in [2.45, 2.75) is 115 Å². The lowest BCUT2D eigenvalue weighted by Crippen LogP contribution is -2.69. The Morgan fingerprint density at radius 2 is 1.84 bits per heavy atom. The molecule has 4 aliphatic rings. The van der Waals surface area contributed by atoms with Crippen molar-refractivity contribution >= 4 is 11.6 Å². The van der Waals surface area contributed by atoms with Gasteiger partial charge in [0.25, 0.3) is 0 Å². The molecule has 2 N–H and O–H groups in total. The first kappa shape index (κ1) is 40.9. The molecule has 0 spiro atoms. The van der Waals surface area contributed by atoms with Crippen molar-refractivity contribution in [2.75, 3.05) is 33.5 Å². The Hall–Kier alpha value is -3.73. The van der Waals surface area contributed by atoms with Crippen LogP contribution in [0, 0.1) is 29.5 Å². The first-order valence-electron chi connectivity index (χ1n) is 20.7. The predicted octanol–water partition coefficient (Wildman–Crippen LogP) is 8.49. The number of amides is 1. The second-order valence-electron chi connectivity index (χ2n) is 15.8. The Morgan fingerprint density at radius 1 is 1.07 bits per heavy atom. The molecule has 3 aliphatic carbocycles. The number of aliphatic hydroxyl groups excluding tert-OH is 2. The minimum Gasteiger partial charge on any atom is -0.489 e. The fourth-order valence-electron chi connectivity index (χ4n) is 9.71. The number of carbonyl (C=O) groups is 1. The number of carbonyl (C=O) groups excluding carboxylic acids is 1. The number of ether oxygens (including phenoxy) is 3. The van der Waals surface area contributed by atoms with Gasteiger partial charge in [0.1, 0.15) is 36.6 Å². The van der Waals surface area contributed by atoms with Crippen LogP contribution in [0.15, 0.2) is 71.9 Å². The molecule has 1 heterocycles. The van der Waals surface area contributed by atoms with Crippen molar-refractivity contribution in [1.82, 2.24) is 4.90 Å². The number of unbranched alkanes of at least 4 members (excludes halogenated alkanes) is 2. The first-order chi connectivity index (χ1) is 26.8. The highest BCUT2D eigenvalue weighted by Crippen LogP contribution is 2.62. The number of hydrogen-bond donors (Lipinski definition) is 2. The van der Waals surface area contributed by atoms with Gasteiger partial charge in [0, 0.05) is 50.1 Å². The number of oxime groups is 1. The number of halogens is 1. The van der Waals surface area contributed by atoms with Crippen molar-refractivity contribution in [3.63, 3.8) is 0 Å². The van der Waals surface area contributed by atoms with Crippen molar-refractivity contribution in [3.05, 3.63) is 83.7 Å². The van der Waals surface area contributed by atoms with Gasteiger partial charge in [-0.15, -0.1) is 6.58 Å². The third-order valence-corrected chi connectivity index (χ3v) is 12.4. The lowest BCUT2D eigenvalue weighted by molar-refractivity contribution is -0.255. The smallest absolute Gasteiger partial charge is 0.239 e. The highest BCUT2D eigenvalue weighted by molar-refractivity contribution is 6.03. The van der Waals surface area contributed by atoms with E-state index in [1.165, 1.54) is 31.7 Å². The van der Waals surface area contributed by atoms with Crippen LogP contribution in [0.3, 0.4) is 0 Å². The Bertz CT molecular complexity index is 1660. The Kier molecular flexibility index (Phi) is 14.4. The van der Waals surface area contributed by atoms with E-state index in [1.807, 2.05) is 37.1 Å². The topological polar surface area (TPSA) is 110 Å². The molecular weight excluding hydrogens is 699 g/mol. The second kappa shape index (κ2) is 19.4. The summed E-state index contributed by atoms with van der Waals surface area (Å²) in [6, 6.07) is 11.9. The summed E-state index contributed by atoms with van der Waals surface area (Å²) in [5.74, 6) is 0.00158. The van der Waals surface area contributed by atoms with Crippen LogP contribution in [-0.4, -0.2) is 72.0 Å². The number of rotatable bonds is 20. The maximum absolute atomic E-state index is 14.6. The van der Waals surface area contributed by atoms with E-state index in [1.54, 1.807) is 24.3 Å². The molecule has 9 nitrogen and oxygen atoms in total. The highest BCUT2D eigenvalue weighted by atomic mass is 19.1. The monoisotopic (exact) mass is 760 g/mol. The van der Waals surface area contributed by atoms with E-state index < -0.39 is 11.8 Å². The highest BCUT2D eigenvalue weighted by Gasteiger charge is 2.65. The standard InChI is InChI=1S/C45H61FN2O7/c1-4-26-53-45-41(48(3)42(51)23-20-31-14-6-7-15-31)29-39(47-54-5-2)36-27-32(16-10-12-24-49)35(18-11-13-25-50)43(44(36)45)37-28-34(21-22-40(37)55-45)52-30-33-17-8-9-19-38(33)46/h4,8-9,17,19,21-22,27-28,31-32,35,41,43-44,49-50H,1,5-7,10-16,18,20,23-26,29-30H2,2-3H3/t32-,35+,41-,43+,44+,45+/m0/s1. The average molecular weight is 761 g/mol. The number of nitrogens with zero attached hydrogens (tertiary/aromatic N) is 2. The second-order valence-corrected chi connectivity index (χ2v) is 15.8. The molecule has 0 saturated heterocycles. The molecule has 55 heavy (non-hydrogen) atoms. The van der Waals surface area contributed by atoms with Crippen molar-refractivity contribution in [3.8, 4) is 11.5 Å². The molecule has 0 radical (unpaired) electrons. The Balaban J connectivity index is 1.49. The summed E-state index contributed by atoms with van der Waals surface area (Å²) >= 11 is 0. The number of allylic oxidation sites excluding steroid dienone is 1. The summed E-state index contributed by atoms with van der Waals surface area (Å²) in [6.07, 6.45) is 15.4. The SMILES string of the molecule is C=CCO[C@@]12Oc3ccc(OCc4ccccc4F)cc3[C@H]3[C@H](CCCCO)[C@@H](CCCCO)C=C(C(=NOCC)C[C@@H]1N(C)C(=O)CCC1CCCC1)[C@H]32. The van der Waals surface area contributed by atoms with E-state index in [0.29, 0.717) is 55.3 Å². The molecule has 6 atom stereocenters. The number of likely N-dealkylation sites (N-methyl/N-ethyl adjacent to an activating group) is 1. The molecule has 0 bridgehead atoms. The average Bonchev–Trinajstić information content (AvgIpc) is 3.73. The van der Waals surface area contributed by atoms with Crippen LogP contribution in [0.5, 0.6) is 11.5 Å². The Labute approximate surface area is 326 Å². The quantitative estimate of drug-likeness (QED) is 0.0792. The largest absolute Gasteiger partial charge is 0.489 e. The van der Waals surface area contributed by atoms with E-state index in [2.05, 4.69) is 12.7 Å². The van der Waals surface area contributed by atoms with Gasteiger partial charge in [0.2, 0.25) is 11.7 Å². The van der Waals surface area contributed by atoms with Gasteiger partial charge < -0.3 is 34.2 Å². The molecule has 2 aromatic rings. The fraction of sp³-hybridized carbons (Fsp3) is 0.600. The normalized spacial score (nSPS) is 26.5. The molecule has 0 aromatic heterocycles. The van der Waals surface area contributed by atoms with Crippen LogP contribution in [0.25, 0.3) is 0 Å². The van der Waals surface area contributed by atoms with Gasteiger partial charge in [-0.05, 0) is 86.6 Å². The zero-order chi connectivity index (χ0) is 38.8. The molecule has 10 heteroatoms. The van der Waals surface area contributed by atoms with Crippen molar-refractivity contribution in [1.29, 1.82) is 0 Å². The first-order valence-corrected chi connectivity index (χ1v) is 20.7. The molecule has 2 fully saturated rings. The molecule has 6 rings (SSSR count). The van der Waals surface area contributed by atoms with E-state index in [0.717, 1.165) is 49.0 Å². The summed E-state index contributed by atoms with van der Waals surface area (Å²) in [5.41, 5.74) is 3.22. The summed E-state index contributed by atoms with van der Waals surface area (Å²) in [6.45, 7) is 6.84. The van der Waals surface area contributed by atoms with E-state index in [4.69, 9.17) is 24.2 Å². The van der Waals surface area contributed by atoms with E-state index >= 15 is 0 Å². The molecule has 2 saturated carbocycles. The number of fused-ring (bicyclic) bond motifs is 2. The molecule has 300 valence electrons. The summed E-state index contributed by atoms with van der Waals surface area (Å²) in [7, 11) is 1.88. The van der Waals surface area contributed by atoms with Crippen molar-refractivity contribution < 1.29 is 38.4 Å². The van der Waals surface area contributed by atoms with Gasteiger partial charge in [-0.1, -0.05) is 74.0 Å². The molecule has 2 aromatic carbocycles. The predicted molar refractivity (Wildman–Crippen MR) is 211 cm³/mol. The summed E-state index contributed by atoms with van der Waals surface area (Å²) in [5, 5.41) is 24.4. The van der Waals surface area contributed by atoms with Crippen LogP contribution in [-0.2, 0) is 21.0 Å². The maximum Gasteiger partial charge on any atom is 0.239 e. The molecule has 1 aliphatic heterocycles. The third kappa shape index (κ3) is 9.13.